The van der Waals surface area contributed by atoms with Crippen LogP contribution in [0.15, 0.2) is 29.2 Å². The Morgan fingerprint density at radius 3 is 2.50 bits per heavy atom. The van der Waals surface area contributed by atoms with Gasteiger partial charge in [-0.2, -0.15) is 0 Å². The number of hydrogen-bond donors (Lipinski definition) is 2. The van der Waals surface area contributed by atoms with Crippen LogP contribution in [0.25, 0.3) is 0 Å². The van der Waals surface area contributed by atoms with Crippen LogP contribution in [0.2, 0.25) is 0 Å². The highest BCUT2D eigenvalue weighted by molar-refractivity contribution is 7.89. The van der Waals surface area contributed by atoms with E-state index in [1.165, 1.54) is 12.1 Å². The van der Waals surface area contributed by atoms with Crippen LogP contribution in [0.1, 0.15) is 18.9 Å². The number of aliphatic carboxylic acids is 1. The van der Waals surface area contributed by atoms with Crippen LogP contribution < -0.4 is 4.72 Å². The summed E-state index contributed by atoms with van der Waals surface area (Å²) in [6.07, 6.45) is 0.409. The molecule has 0 unspecified atom stereocenters. The standard InChI is InChI=1S/C13H19NO5S/c1-2-19-10-9-14-20(17,18)12-6-3-11(4-7-12)5-8-13(15)16/h3-4,6-7,14H,2,5,8-10H2,1H3,(H,15,16). The third-order valence-electron chi connectivity index (χ3n) is 2.60. The predicted octanol–water partition coefficient (Wildman–Crippen LogP) is 1.02. The van der Waals surface area contributed by atoms with Gasteiger partial charge in [0, 0.05) is 19.6 Å². The van der Waals surface area contributed by atoms with Crippen molar-refractivity contribution in [3.8, 4) is 0 Å². The molecule has 0 aliphatic carbocycles. The number of nitrogens with one attached hydrogen (secondary N) is 1. The van der Waals surface area contributed by atoms with Crippen molar-refractivity contribution < 1.29 is 23.1 Å². The van der Waals surface area contributed by atoms with Crippen molar-refractivity contribution in [1.82, 2.24) is 4.72 Å². The third kappa shape index (κ3) is 5.68. The molecule has 0 bridgehead atoms. The van der Waals surface area contributed by atoms with Crippen molar-refractivity contribution in [2.45, 2.75) is 24.7 Å². The summed E-state index contributed by atoms with van der Waals surface area (Å²) < 4.78 is 31.3. The van der Waals surface area contributed by atoms with Crippen molar-refractivity contribution in [2.75, 3.05) is 19.8 Å². The van der Waals surface area contributed by atoms with E-state index < -0.39 is 16.0 Å². The molecule has 0 amide bonds. The minimum atomic E-state index is -3.54. The van der Waals surface area contributed by atoms with Gasteiger partial charge in [-0.05, 0) is 31.0 Å². The Kier molecular flexibility index (Phi) is 6.63. The van der Waals surface area contributed by atoms with Crippen LogP contribution in [0.5, 0.6) is 0 Å². The molecule has 2 N–H and O–H groups in total. The zero-order valence-electron chi connectivity index (χ0n) is 11.3. The monoisotopic (exact) mass is 301 g/mol. The van der Waals surface area contributed by atoms with E-state index in [4.69, 9.17) is 9.84 Å². The van der Waals surface area contributed by atoms with Gasteiger partial charge in [-0.15, -0.1) is 0 Å². The topological polar surface area (TPSA) is 92.7 Å². The van der Waals surface area contributed by atoms with Crippen LogP contribution in [-0.4, -0.2) is 39.3 Å². The van der Waals surface area contributed by atoms with Crippen molar-refractivity contribution in [2.24, 2.45) is 0 Å². The minimum Gasteiger partial charge on any atom is -0.481 e. The average molecular weight is 301 g/mol. The van der Waals surface area contributed by atoms with Crippen molar-refractivity contribution in [3.63, 3.8) is 0 Å². The molecule has 1 aromatic rings. The highest BCUT2D eigenvalue weighted by Crippen LogP contribution is 2.11. The Hall–Kier alpha value is -1.44. The summed E-state index contributed by atoms with van der Waals surface area (Å²) in [5.41, 5.74) is 0.792. The molecule has 0 saturated carbocycles. The number of rotatable bonds is 9. The van der Waals surface area contributed by atoms with Gasteiger partial charge in [0.15, 0.2) is 0 Å². The SMILES string of the molecule is CCOCCNS(=O)(=O)c1ccc(CCC(=O)O)cc1. The van der Waals surface area contributed by atoms with Gasteiger partial charge in [-0.25, -0.2) is 13.1 Å². The smallest absolute Gasteiger partial charge is 0.303 e. The second kappa shape index (κ2) is 7.98. The maximum absolute atomic E-state index is 11.9. The van der Waals surface area contributed by atoms with Crippen LogP contribution in [0.3, 0.4) is 0 Å². The van der Waals surface area contributed by atoms with Gasteiger partial charge >= 0.3 is 5.97 Å². The number of hydrogen-bond acceptors (Lipinski definition) is 4. The number of aryl methyl sites for hydroxylation is 1. The number of sulfonamides is 1. The lowest BCUT2D eigenvalue weighted by Crippen LogP contribution is -2.27. The molecule has 0 spiro atoms. The van der Waals surface area contributed by atoms with Gasteiger partial charge in [-0.1, -0.05) is 12.1 Å². The van der Waals surface area contributed by atoms with E-state index in [1.54, 1.807) is 12.1 Å². The van der Waals surface area contributed by atoms with Crippen LogP contribution >= 0.6 is 0 Å². The Bertz CT molecular complexity index is 524. The van der Waals surface area contributed by atoms with E-state index in [1.807, 2.05) is 6.92 Å². The lowest BCUT2D eigenvalue weighted by atomic mass is 10.1. The molecule has 1 aromatic carbocycles. The van der Waals surface area contributed by atoms with Crippen LogP contribution in [0, 0.1) is 0 Å². The summed E-state index contributed by atoms with van der Waals surface area (Å²) in [7, 11) is -3.54. The van der Waals surface area contributed by atoms with E-state index in [2.05, 4.69) is 4.72 Å². The molecule has 0 aliphatic rings. The van der Waals surface area contributed by atoms with E-state index in [9.17, 15) is 13.2 Å². The van der Waals surface area contributed by atoms with Crippen molar-refractivity contribution in [3.05, 3.63) is 29.8 Å². The number of carbonyl (C=O) groups is 1. The molecule has 0 fully saturated rings. The Labute approximate surface area is 118 Å². The first-order valence-corrected chi connectivity index (χ1v) is 7.82. The summed E-state index contributed by atoms with van der Waals surface area (Å²) in [6, 6.07) is 6.19. The zero-order chi connectivity index (χ0) is 15.0. The first-order valence-electron chi connectivity index (χ1n) is 6.34. The summed E-state index contributed by atoms with van der Waals surface area (Å²) in [6.45, 7) is 2.92. The molecule has 20 heavy (non-hydrogen) atoms. The maximum atomic E-state index is 11.9. The summed E-state index contributed by atoms with van der Waals surface area (Å²) in [4.78, 5) is 10.6. The Morgan fingerprint density at radius 2 is 1.95 bits per heavy atom. The number of carboxylic acid groups (broad SMARTS) is 1. The predicted molar refractivity (Wildman–Crippen MR) is 74.1 cm³/mol. The summed E-state index contributed by atoms with van der Waals surface area (Å²) in [5, 5.41) is 8.58. The molecule has 0 saturated heterocycles. The van der Waals surface area contributed by atoms with Crippen LogP contribution in [-0.2, 0) is 26.0 Å². The van der Waals surface area contributed by atoms with Crippen molar-refractivity contribution >= 4 is 16.0 Å². The largest absolute Gasteiger partial charge is 0.481 e. The van der Waals surface area contributed by atoms with E-state index in [0.29, 0.717) is 19.6 Å². The normalized spacial score (nSPS) is 11.4. The molecular formula is C13H19NO5S. The fraction of sp³-hybridized carbons (Fsp3) is 0.462. The summed E-state index contributed by atoms with van der Waals surface area (Å²) >= 11 is 0. The lowest BCUT2D eigenvalue weighted by molar-refractivity contribution is -0.136. The molecule has 0 aliphatic heterocycles. The average Bonchev–Trinajstić information content (AvgIpc) is 2.42. The Balaban J connectivity index is 2.60. The molecule has 6 nitrogen and oxygen atoms in total. The van der Waals surface area contributed by atoms with Gasteiger partial charge in [-0.3, -0.25) is 4.79 Å². The van der Waals surface area contributed by atoms with Gasteiger partial charge in [0.25, 0.3) is 0 Å². The van der Waals surface area contributed by atoms with E-state index in [0.717, 1.165) is 5.56 Å². The quantitative estimate of drug-likeness (QED) is 0.664. The van der Waals surface area contributed by atoms with Gasteiger partial charge in [0.2, 0.25) is 10.0 Å². The molecule has 7 heteroatoms. The first kappa shape index (κ1) is 16.6. The number of carboxylic acids is 1. The fourth-order valence-corrected chi connectivity index (χ4v) is 2.58. The zero-order valence-corrected chi connectivity index (χ0v) is 12.1. The second-order valence-corrected chi connectivity index (χ2v) is 5.90. The maximum Gasteiger partial charge on any atom is 0.303 e. The first-order chi connectivity index (χ1) is 9.45. The van der Waals surface area contributed by atoms with Gasteiger partial charge < -0.3 is 9.84 Å². The lowest BCUT2D eigenvalue weighted by Gasteiger charge is -2.07. The minimum absolute atomic E-state index is 0.0265. The second-order valence-electron chi connectivity index (χ2n) is 4.13. The molecule has 0 aromatic heterocycles. The van der Waals surface area contributed by atoms with E-state index in [-0.39, 0.29) is 17.9 Å². The van der Waals surface area contributed by atoms with Crippen molar-refractivity contribution in [1.29, 1.82) is 0 Å². The number of benzene rings is 1. The van der Waals surface area contributed by atoms with E-state index >= 15 is 0 Å². The Morgan fingerprint density at radius 1 is 1.30 bits per heavy atom. The van der Waals surface area contributed by atoms with Crippen LogP contribution in [0.4, 0.5) is 0 Å². The molecule has 0 heterocycles. The fourth-order valence-electron chi connectivity index (χ4n) is 1.56. The molecule has 0 atom stereocenters. The molecule has 1 rings (SSSR count). The third-order valence-corrected chi connectivity index (χ3v) is 4.08. The van der Waals surface area contributed by atoms with Gasteiger partial charge in [0.05, 0.1) is 11.5 Å². The summed E-state index contributed by atoms with van der Waals surface area (Å²) in [5.74, 6) is -0.876. The molecular weight excluding hydrogens is 282 g/mol. The number of ether oxygens (including phenoxy) is 1. The molecule has 0 radical (unpaired) electrons. The molecule has 112 valence electrons. The highest BCUT2D eigenvalue weighted by atomic mass is 32.2. The van der Waals surface area contributed by atoms with Gasteiger partial charge in [0.1, 0.15) is 0 Å². The highest BCUT2D eigenvalue weighted by Gasteiger charge is 2.13.